The van der Waals surface area contributed by atoms with Gasteiger partial charge in [0.15, 0.2) is 6.61 Å². The van der Waals surface area contributed by atoms with Crippen molar-refractivity contribution >= 4 is 22.0 Å². The van der Waals surface area contributed by atoms with Gasteiger partial charge in [-0.1, -0.05) is 29.8 Å². The average Bonchev–Trinajstić information content (AvgIpc) is 2.69. The van der Waals surface area contributed by atoms with Crippen LogP contribution in [-0.4, -0.2) is 34.0 Å². The van der Waals surface area contributed by atoms with Gasteiger partial charge in [-0.3, -0.25) is 4.79 Å². The number of ether oxygens (including phenoxy) is 1. The highest BCUT2D eigenvalue weighted by Gasteiger charge is 2.12. The first-order chi connectivity index (χ1) is 13.4. The molecule has 2 aromatic carbocycles. The molecule has 2 aromatic rings. The summed E-state index contributed by atoms with van der Waals surface area (Å²) in [6.45, 7) is 2.10. The Kier molecular flexibility index (Phi) is 7.75. The molecule has 0 aliphatic rings. The SMILES string of the molecule is Cc1ccc(S(=O)(=O)NCCNC(=O)C=Cc2ccc(OCC#N)cc2)cc1. The molecule has 0 aliphatic heterocycles. The van der Waals surface area contributed by atoms with Gasteiger partial charge < -0.3 is 10.1 Å². The maximum Gasteiger partial charge on any atom is 0.244 e. The molecule has 7 nitrogen and oxygen atoms in total. The van der Waals surface area contributed by atoms with Gasteiger partial charge in [0.05, 0.1) is 4.90 Å². The Balaban J connectivity index is 1.75. The van der Waals surface area contributed by atoms with E-state index < -0.39 is 10.0 Å². The van der Waals surface area contributed by atoms with Crippen molar-refractivity contribution in [2.24, 2.45) is 0 Å². The Morgan fingerprint density at radius 2 is 1.79 bits per heavy atom. The summed E-state index contributed by atoms with van der Waals surface area (Å²) >= 11 is 0. The minimum Gasteiger partial charge on any atom is -0.479 e. The van der Waals surface area contributed by atoms with Crippen LogP contribution in [0.15, 0.2) is 59.5 Å². The Bertz CT molecular complexity index is 960. The lowest BCUT2D eigenvalue weighted by atomic mass is 10.2. The molecule has 0 bridgehead atoms. The van der Waals surface area contributed by atoms with Gasteiger partial charge in [0.1, 0.15) is 11.8 Å². The summed E-state index contributed by atoms with van der Waals surface area (Å²) in [5.41, 5.74) is 1.77. The van der Waals surface area contributed by atoms with Crippen LogP contribution >= 0.6 is 0 Å². The highest BCUT2D eigenvalue weighted by molar-refractivity contribution is 7.89. The number of amides is 1. The number of carbonyl (C=O) groups excluding carboxylic acids is 1. The van der Waals surface area contributed by atoms with Gasteiger partial charge >= 0.3 is 0 Å². The monoisotopic (exact) mass is 399 g/mol. The van der Waals surface area contributed by atoms with E-state index in [9.17, 15) is 13.2 Å². The van der Waals surface area contributed by atoms with Crippen LogP contribution in [0.1, 0.15) is 11.1 Å². The van der Waals surface area contributed by atoms with Crippen LogP contribution in [0.4, 0.5) is 0 Å². The third-order valence-electron chi connectivity index (χ3n) is 3.66. The molecule has 28 heavy (non-hydrogen) atoms. The maximum absolute atomic E-state index is 12.1. The second kappa shape index (κ2) is 10.3. The minimum absolute atomic E-state index is 0.0226. The van der Waals surface area contributed by atoms with Crippen LogP contribution in [0.2, 0.25) is 0 Å². The fourth-order valence-electron chi connectivity index (χ4n) is 2.19. The van der Waals surface area contributed by atoms with Crippen molar-refractivity contribution < 1.29 is 17.9 Å². The number of nitrogens with one attached hydrogen (secondary N) is 2. The van der Waals surface area contributed by atoms with Crippen molar-refractivity contribution in [2.75, 3.05) is 19.7 Å². The molecule has 0 spiro atoms. The molecule has 2 N–H and O–H groups in total. The first-order valence-corrected chi connectivity index (χ1v) is 10.0. The number of carbonyl (C=O) groups is 1. The molecule has 0 aromatic heterocycles. The number of nitrogens with zero attached hydrogens (tertiary/aromatic N) is 1. The van der Waals surface area contributed by atoms with Crippen molar-refractivity contribution in [2.45, 2.75) is 11.8 Å². The summed E-state index contributed by atoms with van der Waals surface area (Å²) in [4.78, 5) is 12.0. The fourth-order valence-corrected chi connectivity index (χ4v) is 3.23. The number of aryl methyl sites for hydroxylation is 1. The van der Waals surface area contributed by atoms with Gasteiger partial charge in [0.25, 0.3) is 0 Å². The molecule has 8 heteroatoms. The number of hydrogen-bond acceptors (Lipinski definition) is 5. The van der Waals surface area contributed by atoms with Gasteiger partial charge in [-0.2, -0.15) is 5.26 Å². The van der Waals surface area contributed by atoms with Crippen molar-refractivity contribution in [1.29, 1.82) is 5.26 Å². The van der Waals surface area contributed by atoms with Crippen LogP contribution in [0.3, 0.4) is 0 Å². The standard InChI is InChI=1S/C20H21N3O4S/c1-16-2-9-19(10-3-16)28(25,26)23-14-13-22-20(24)11-6-17-4-7-18(8-5-17)27-15-12-21/h2-11,23H,13-15H2,1H3,(H,22,24). The van der Waals surface area contributed by atoms with Gasteiger partial charge in [-0.05, 0) is 42.8 Å². The number of sulfonamides is 1. The van der Waals surface area contributed by atoms with Crippen LogP contribution < -0.4 is 14.8 Å². The Hall–Kier alpha value is -3.15. The molecule has 0 fully saturated rings. The van der Waals surface area contributed by atoms with Crippen LogP contribution in [0, 0.1) is 18.3 Å². The lowest BCUT2D eigenvalue weighted by molar-refractivity contribution is -0.116. The van der Waals surface area contributed by atoms with E-state index in [1.807, 2.05) is 13.0 Å². The summed E-state index contributed by atoms with van der Waals surface area (Å²) in [5, 5.41) is 11.1. The van der Waals surface area contributed by atoms with E-state index in [1.165, 1.54) is 18.2 Å². The lowest BCUT2D eigenvalue weighted by Crippen LogP contribution is -2.34. The zero-order chi connectivity index (χ0) is 20.4. The molecule has 146 valence electrons. The third-order valence-corrected chi connectivity index (χ3v) is 5.14. The topological polar surface area (TPSA) is 108 Å². The first kappa shape index (κ1) is 21.2. The molecular formula is C20H21N3O4S. The maximum atomic E-state index is 12.1. The normalized spacial score (nSPS) is 11.1. The second-order valence-corrected chi connectivity index (χ2v) is 7.62. The number of hydrogen-bond donors (Lipinski definition) is 2. The summed E-state index contributed by atoms with van der Waals surface area (Å²) in [6, 6.07) is 15.3. The summed E-state index contributed by atoms with van der Waals surface area (Å²) in [6.07, 6.45) is 2.99. The molecule has 0 atom stereocenters. The second-order valence-electron chi connectivity index (χ2n) is 5.85. The van der Waals surface area contributed by atoms with E-state index in [0.29, 0.717) is 5.75 Å². The van der Waals surface area contributed by atoms with Crippen LogP contribution in [-0.2, 0) is 14.8 Å². The van der Waals surface area contributed by atoms with Crippen molar-refractivity contribution in [1.82, 2.24) is 10.0 Å². The largest absolute Gasteiger partial charge is 0.479 e. The Morgan fingerprint density at radius 1 is 1.11 bits per heavy atom. The molecule has 0 unspecified atom stereocenters. The number of rotatable bonds is 9. The quantitative estimate of drug-likeness (QED) is 0.495. The Morgan fingerprint density at radius 3 is 2.43 bits per heavy atom. The van der Waals surface area contributed by atoms with Gasteiger partial charge in [0.2, 0.25) is 15.9 Å². The molecule has 0 aliphatic carbocycles. The van der Waals surface area contributed by atoms with E-state index in [-0.39, 0.29) is 30.5 Å². The van der Waals surface area contributed by atoms with Crippen LogP contribution in [0.25, 0.3) is 6.08 Å². The highest BCUT2D eigenvalue weighted by atomic mass is 32.2. The predicted octanol–water partition coefficient (Wildman–Crippen LogP) is 2.01. The lowest BCUT2D eigenvalue weighted by Gasteiger charge is -2.07. The summed E-state index contributed by atoms with van der Waals surface area (Å²) in [5.74, 6) is 0.239. The average molecular weight is 399 g/mol. The van der Waals surface area contributed by atoms with Crippen molar-refractivity contribution in [3.05, 3.63) is 65.7 Å². The zero-order valence-corrected chi connectivity index (χ0v) is 16.2. The van der Waals surface area contributed by atoms with Crippen molar-refractivity contribution in [3.8, 4) is 11.8 Å². The van der Waals surface area contributed by atoms with E-state index in [2.05, 4.69) is 10.0 Å². The van der Waals surface area contributed by atoms with E-state index in [0.717, 1.165) is 11.1 Å². The van der Waals surface area contributed by atoms with Gasteiger partial charge in [-0.15, -0.1) is 0 Å². The van der Waals surface area contributed by atoms with Gasteiger partial charge in [0, 0.05) is 19.2 Å². The van der Waals surface area contributed by atoms with E-state index in [1.54, 1.807) is 42.5 Å². The summed E-state index contributed by atoms with van der Waals surface area (Å²) in [7, 11) is -3.59. The minimum atomic E-state index is -3.59. The molecule has 2 rings (SSSR count). The Labute approximate surface area is 164 Å². The highest BCUT2D eigenvalue weighted by Crippen LogP contribution is 2.13. The number of benzene rings is 2. The van der Waals surface area contributed by atoms with Crippen LogP contribution in [0.5, 0.6) is 5.75 Å². The van der Waals surface area contributed by atoms with Gasteiger partial charge in [-0.25, -0.2) is 13.1 Å². The molecule has 0 saturated heterocycles. The molecular weight excluding hydrogens is 378 g/mol. The third kappa shape index (κ3) is 6.87. The summed E-state index contributed by atoms with van der Waals surface area (Å²) < 4.78 is 31.8. The predicted molar refractivity (Wildman–Crippen MR) is 106 cm³/mol. The molecule has 0 radical (unpaired) electrons. The number of nitriles is 1. The molecule has 0 saturated carbocycles. The molecule has 1 amide bonds. The fraction of sp³-hybridized carbons (Fsp3) is 0.200. The smallest absolute Gasteiger partial charge is 0.244 e. The van der Waals surface area contributed by atoms with Crippen molar-refractivity contribution in [3.63, 3.8) is 0 Å². The van der Waals surface area contributed by atoms with E-state index >= 15 is 0 Å². The van der Waals surface area contributed by atoms with E-state index in [4.69, 9.17) is 10.00 Å². The zero-order valence-electron chi connectivity index (χ0n) is 15.4. The molecule has 0 heterocycles. The first-order valence-electron chi connectivity index (χ1n) is 8.53.